The van der Waals surface area contributed by atoms with Gasteiger partial charge in [0.2, 0.25) is 0 Å². The highest BCUT2D eigenvalue weighted by Crippen LogP contribution is 2.32. The van der Waals surface area contributed by atoms with Crippen LogP contribution in [0.4, 0.5) is 0 Å². The van der Waals surface area contributed by atoms with Gasteiger partial charge in [0.05, 0.1) is 4.34 Å². The Morgan fingerprint density at radius 1 is 1.18 bits per heavy atom. The first-order valence-corrected chi connectivity index (χ1v) is 6.74. The minimum atomic E-state index is -0.0552. The lowest BCUT2D eigenvalue weighted by Gasteiger charge is -2.00. The van der Waals surface area contributed by atoms with Gasteiger partial charge in [0.25, 0.3) is 0 Å². The lowest BCUT2D eigenvalue weighted by atomic mass is 10.1. The summed E-state index contributed by atoms with van der Waals surface area (Å²) in [7, 11) is 0. The van der Waals surface area contributed by atoms with E-state index in [1.165, 1.54) is 11.3 Å². The molecule has 1 heterocycles. The standard InChI is InChI=1S/C12H7Cl3OS/c13-8-3-1-2-7(4-8)5-10(16)9-6-11(14)17-12(9)15/h1-4,6H,5H2. The topological polar surface area (TPSA) is 17.1 Å². The molecule has 0 amide bonds. The average molecular weight is 306 g/mol. The van der Waals surface area contributed by atoms with E-state index in [-0.39, 0.29) is 12.2 Å². The van der Waals surface area contributed by atoms with E-state index in [0.717, 1.165) is 5.56 Å². The Morgan fingerprint density at radius 2 is 1.94 bits per heavy atom. The molecular formula is C12H7Cl3OS. The predicted molar refractivity (Wildman–Crippen MR) is 73.8 cm³/mol. The van der Waals surface area contributed by atoms with Crippen LogP contribution in [-0.2, 0) is 6.42 Å². The van der Waals surface area contributed by atoms with Crippen molar-refractivity contribution in [3.8, 4) is 0 Å². The van der Waals surface area contributed by atoms with Crippen LogP contribution in [0.1, 0.15) is 15.9 Å². The fourth-order valence-corrected chi connectivity index (χ4v) is 3.17. The van der Waals surface area contributed by atoms with Crippen molar-refractivity contribution in [2.45, 2.75) is 6.42 Å². The van der Waals surface area contributed by atoms with Gasteiger partial charge in [-0.15, -0.1) is 11.3 Å². The van der Waals surface area contributed by atoms with E-state index in [2.05, 4.69) is 0 Å². The zero-order valence-electron chi connectivity index (χ0n) is 8.54. The maximum Gasteiger partial charge on any atom is 0.169 e. The summed E-state index contributed by atoms with van der Waals surface area (Å²) in [6.45, 7) is 0. The van der Waals surface area contributed by atoms with Gasteiger partial charge in [0, 0.05) is 17.0 Å². The van der Waals surface area contributed by atoms with Crippen LogP contribution in [0.2, 0.25) is 13.7 Å². The van der Waals surface area contributed by atoms with Crippen LogP contribution < -0.4 is 0 Å². The third kappa shape index (κ3) is 3.23. The zero-order chi connectivity index (χ0) is 12.4. The molecule has 1 nitrogen and oxygen atoms in total. The van der Waals surface area contributed by atoms with E-state index in [1.807, 2.05) is 12.1 Å². The van der Waals surface area contributed by atoms with Crippen LogP contribution in [-0.4, -0.2) is 5.78 Å². The molecule has 0 bridgehead atoms. The van der Waals surface area contributed by atoms with Crippen LogP contribution in [0.3, 0.4) is 0 Å². The zero-order valence-corrected chi connectivity index (χ0v) is 11.6. The van der Waals surface area contributed by atoms with E-state index in [9.17, 15) is 4.79 Å². The van der Waals surface area contributed by atoms with Crippen molar-refractivity contribution in [3.63, 3.8) is 0 Å². The van der Waals surface area contributed by atoms with Crippen LogP contribution in [0.5, 0.6) is 0 Å². The maximum absolute atomic E-state index is 12.0. The molecule has 0 aliphatic heterocycles. The van der Waals surface area contributed by atoms with Gasteiger partial charge in [-0.05, 0) is 23.8 Å². The number of thiophene rings is 1. The molecule has 0 spiro atoms. The number of hydrogen-bond donors (Lipinski definition) is 0. The van der Waals surface area contributed by atoms with E-state index in [4.69, 9.17) is 34.8 Å². The molecule has 0 aliphatic rings. The number of rotatable bonds is 3. The molecule has 0 saturated heterocycles. The van der Waals surface area contributed by atoms with Crippen LogP contribution >= 0.6 is 46.1 Å². The molecule has 0 saturated carbocycles. The quantitative estimate of drug-likeness (QED) is 0.718. The molecule has 0 unspecified atom stereocenters. The summed E-state index contributed by atoms with van der Waals surface area (Å²) in [4.78, 5) is 12.0. The lowest BCUT2D eigenvalue weighted by molar-refractivity contribution is 0.0993. The SMILES string of the molecule is O=C(Cc1cccc(Cl)c1)c1cc(Cl)sc1Cl. The Balaban J connectivity index is 2.20. The Labute approximate surface area is 118 Å². The van der Waals surface area contributed by atoms with E-state index in [1.54, 1.807) is 18.2 Å². The number of ketones is 1. The van der Waals surface area contributed by atoms with Gasteiger partial charge < -0.3 is 0 Å². The van der Waals surface area contributed by atoms with Crippen LogP contribution in [0, 0.1) is 0 Å². The minimum Gasteiger partial charge on any atom is -0.294 e. The fraction of sp³-hybridized carbons (Fsp3) is 0.0833. The molecular weight excluding hydrogens is 299 g/mol. The molecule has 0 atom stereocenters. The fourth-order valence-electron chi connectivity index (χ4n) is 1.46. The number of benzene rings is 1. The van der Waals surface area contributed by atoms with Crippen molar-refractivity contribution in [1.82, 2.24) is 0 Å². The largest absolute Gasteiger partial charge is 0.294 e. The monoisotopic (exact) mass is 304 g/mol. The summed E-state index contributed by atoms with van der Waals surface area (Å²) in [5.41, 5.74) is 1.34. The first-order chi connectivity index (χ1) is 8.06. The molecule has 17 heavy (non-hydrogen) atoms. The smallest absolute Gasteiger partial charge is 0.169 e. The first-order valence-electron chi connectivity index (χ1n) is 4.79. The van der Waals surface area contributed by atoms with Gasteiger partial charge in [-0.3, -0.25) is 4.79 Å². The number of carbonyl (C=O) groups is 1. The molecule has 2 aromatic rings. The van der Waals surface area contributed by atoms with Crippen LogP contribution in [0.15, 0.2) is 30.3 Å². The molecule has 2 rings (SSSR count). The Morgan fingerprint density at radius 3 is 2.53 bits per heavy atom. The number of Topliss-reactive ketones (excluding diaryl/α,β-unsaturated/α-hetero) is 1. The summed E-state index contributed by atoms with van der Waals surface area (Å²) in [6, 6.07) is 8.80. The second kappa shape index (κ2) is 5.40. The molecule has 0 aliphatic carbocycles. The minimum absolute atomic E-state index is 0.0552. The Hall–Kier alpha value is -0.540. The number of hydrogen-bond acceptors (Lipinski definition) is 2. The maximum atomic E-state index is 12.0. The predicted octanol–water partition coefficient (Wildman–Crippen LogP) is 5.13. The van der Waals surface area contributed by atoms with Crippen molar-refractivity contribution < 1.29 is 4.79 Å². The second-order valence-electron chi connectivity index (χ2n) is 3.47. The molecule has 1 aromatic heterocycles. The molecule has 5 heteroatoms. The van der Waals surface area contributed by atoms with E-state index in [0.29, 0.717) is 19.3 Å². The van der Waals surface area contributed by atoms with Gasteiger partial charge in [0.1, 0.15) is 4.34 Å². The van der Waals surface area contributed by atoms with Crippen molar-refractivity contribution in [2.24, 2.45) is 0 Å². The third-order valence-electron chi connectivity index (χ3n) is 2.21. The van der Waals surface area contributed by atoms with E-state index >= 15 is 0 Å². The molecule has 88 valence electrons. The first kappa shape index (κ1) is 12.9. The van der Waals surface area contributed by atoms with Gasteiger partial charge >= 0.3 is 0 Å². The van der Waals surface area contributed by atoms with Gasteiger partial charge in [-0.25, -0.2) is 0 Å². The molecule has 0 N–H and O–H groups in total. The van der Waals surface area contributed by atoms with Crippen molar-refractivity contribution >= 4 is 51.9 Å². The normalized spacial score (nSPS) is 10.5. The van der Waals surface area contributed by atoms with Gasteiger partial charge in [0.15, 0.2) is 5.78 Å². The Bertz CT molecular complexity index is 563. The average Bonchev–Trinajstić information content (AvgIpc) is 2.58. The molecule has 0 radical (unpaired) electrons. The third-order valence-corrected chi connectivity index (χ3v) is 3.93. The summed E-state index contributed by atoms with van der Waals surface area (Å²) in [5, 5.41) is 0.616. The summed E-state index contributed by atoms with van der Waals surface area (Å²) < 4.78 is 0.950. The lowest BCUT2D eigenvalue weighted by Crippen LogP contribution is -2.02. The highest BCUT2D eigenvalue weighted by molar-refractivity contribution is 7.20. The molecule has 0 fully saturated rings. The van der Waals surface area contributed by atoms with Gasteiger partial charge in [-0.1, -0.05) is 46.9 Å². The summed E-state index contributed by atoms with van der Waals surface area (Å²) in [5.74, 6) is -0.0552. The summed E-state index contributed by atoms with van der Waals surface area (Å²) >= 11 is 18.8. The number of halogens is 3. The summed E-state index contributed by atoms with van der Waals surface area (Å²) in [6.07, 6.45) is 0.271. The van der Waals surface area contributed by atoms with E-state index < -0.39 is 0 Å². The molecule has 1 aromatic carbocycles. The van der Waals surface area contributed by atoms with Crippen molar-refractivity contribution in [2.75, 3.05) is 0 Å². The second-order valence-corrected chi connectivity index (χ2v) is 6.19. The number of carbonyl (C=O) groups excluding carboxylic acids is 1. The van der Waals surface area contributed by atoms with Crippen LogP contribution in [0.25, 0.3) is 0 Å². The highest BCUT2D eigenvalue weighted by Gasteiger charge is 2.14. The Kier molecular flexibility index (Phi) is 4.10. The van der Waals surface area contributed by atoms with Crippen molar-refractivity contribution in [1.29, 1.82) is 0 Å². The van der Waals surface area contributed by atoms with Gasteiger partial charge in [-0.2, -0.15) is 0 Å². The van der Waals surface area contributed by atoms with Crippen molar-refractivity contribution in [3.05, 3.63) is 55.2 Å². The highest BCUT2D eigenvalue weighted by atomic mass is 35.5.